The van der Waals surface area contributed by atoms with Gasteiger partial charge in [-0.15, -0.1) is 0 Å². The number of aromatic amines is 1. The van der Waals surface area contributed by atoms with Crippen molar-refractivity contribution >= 4 is 17.5 Å². The van der Waals surface area contributed by atoms with Gasteiger partial charge >= 0.3 is 12.8 Å². The second kappa shape index (κ2) is 7.94. The number of aromatic nitrogens is 3. The number of hydrogen-bond acceptors (Lipinski definition) is 6. The summed E-state index contributed by atoms with van der Waals surface area (Å²) in [5, 5.41) is 18.6. The molecule has 1 saturated heterocycles. The Morgan fingerprint density at radius 3 is 2.52 bits per heavy atom. The number of alkyl halides is 5. The minimum atomic E-state index is -4.82. The summed E-state index contributed by atoms with van der Waals surface area (Å²) >= 11 is 0. The third-order valence-electron chi connectivity index (χ3n) is 5.48. The van der Waals surface area contributed by atoms with Crippen LogP contribution in [-0.4, -0.2) is 58.2 Å². The first kappa shape index (κ1) is 21.3. The minimum absolute atomic E-state index is 0.0735. The first-order valence-electron chi connectivity index (χ1n) is 9.44. The van der Waals surface area contributed by atoms with Crippen molar-refractivity contribution in [2.75, 3.05) is 23.3 Å². The Morgan fingerprint density at radius 2 is 1.94 bits per heavy atom. The van der Waals surface area contributed by atoms with Gasteiger partial charge in [-0.2, -0.15) is 27.1 Å². The Morgan fingerprint density at radius 1 is 1.23 bits per heavy atom. The van der Waals surface area contributed by atoms with Crippen LogP contribution in [0.25, 0.3) is 0 Å². The number of ether oxygens (including phenoxy) is 1. The summed E-state index contributed by atoms with van der Waals surface area (Å²) in [6.45, 7) is -2.06. The van der Waals surface area contributed by atoms with Gasteiger partial charge in [-0.3, -0.25) is 9.89 Å². The van der Waals surface area contributed by atoms with Crippen LogP contribution in [0.4, 0.5) is 33.6 Å². The van der Waals surface area contributed by atoms with Gasteiger partial charge in [0.1, 0.15) is 29.4 Å². The largest absolute Gasteiger partial charge is 0.433 e. The topological polar surface area (TPSA) is 103 Å². The predicted octanol–water partition coefficient (Wildman–Crippen LogP) is 2.75. The van der Waals surface area contributed by atoms with Gasteiger partial charge in [-0.1, -0.05) is 0 Å². The van der Waals surface area contributed by atoms with Crippen LogP contribution in [0.5, 0.6) is 5.75 Å². The lowest BCUT2D eigenvalue weighted by atomic mass is 9.83. The summed E-state index contributed by atoms with van der Waals surface area (Å²) in [6.07, 6.45) is -5.00. The first-order chi connectivity index (χ1) is 14.6. The van der Waals surface area contributed by atoms with Crippen LogP contribution in [0.15, 0.2) is 18.3 Å². The van der Waals surface area contributed by atoms with E-state index in [-0.39, 0.29) is 28.7 Å². The quantitative estimate of drug-likeness (QED) is 0.623. The van der Waals surface area contributed by atoms with E-state index in [0.29, 0.717) is 31.7 Å². The number of aliphatic hydroxyl groups is 1. The number of hydrogen-bond donors (Lipinski definition) is 3. The number of pyridine rings is 1. The normalized spacial score (nSPS) is 22.4. The van der Waals surface area contributed by atoms with Crippen molar-refractivity contribution in [1.82, 2.24) is 15.2 Å². The Bertz CT molecular complexity index is 941. The SMILES string of the molecule is O=C1Nc2[nH]nc(C3CCN(c4ccc(OC(F)F)cn4)CC3)c2C(C(F)(F)F)C1O. The summed E-state index contributed by atoms with van der Waals surface area (Å²) in [5.74, 6) is -3.51. The van der Waals surface area contributed by atoms with E-state index in [4.69, 9.17) is 0 Å². The lowest BCUT2D eigenvalue weighted by Gasteiger charge is -2.34. The fourth-order valence-electron chi connectivity index (χ4n) is 4.05. The monoisotopic (exact) mass is 447 g/mol. The highest BCUT2D eigenvalue weighted by molar-refractivity contribution is 5.97. The zero-order valence-electron chi connectivity index (χ0n) is 15.9. The molecule has 0 spiro atoms. The van der Waals surface area contributed by atoms with E-state index < -0.39 is 30.7 Å². The smallest absolute Gasteiger partial charge is 0.398 e. The average molecular weight is 447 g/mol. The van der Waals surface area contributed by atoms with Crippen molar-refractivity contribution in [2.45, 2.75) is 43.6 Å². The van der Waals surface area contributed by atoms with Gasteiger partial charge in [0.05, 0.1) is 11.9 Å². The number of carbonyl (C=O) groups excluding carboxylic acids is 1. The van der Waals surface area contributed by atoms with Crippen molar-refractivity contribution in [1.29, 1.82) is 0 Å². The molecule has 2 unspecified atom stereocenters. The summed E-state index contributed by atoms with van der Waals surface area (Å²) < 4.78 is 69.6. The number of nitrogens with one attached hydrogen (secondary N) is 2. The predicted molar refractivity (Wildman–Crippen MR) is 97.1 cm³/mol. The number of anilines is 2. The van der Waals surface area contributed by atoms with E-state index in [1.54, 1.807) is 0 Å². The highest BCUT2D eigenvalue weighted by Crippen LogP contribution is 2.47. The van der Waals surface area contributed by atoms with E-state index in [1.165, 1.54) is 18.3 Å². The summed E-state index contributed by atoms with van der Waals surface area (Å²) in [6, 6.07) is 2.89. The number of fused-ring (bicyclic) bond motifs is 1. The van der Waals surface area contributed by atoms with Crippen molar-refractivity contribution in [3.05, 3.63) is 29.6 Å². The number of amides is 1. The number of H-pyrrole nitrogens is 1. The maximum Gasteiger partial charge on any atom is 0.398 e. The number of carbonyl (C=O) groups is 1. The molecule has 0 radical (unpaired) electrons. The highest BCUT2D eigenvalue weighted by Gasteiger charge is 2.53. The molecule has 31 heavy (non-hydrogen) atoms. The molecule has 4 rings (SSSR count). The molecule has 168 valence electrons. The summed E-state index contributed by atoms with van der Waals surface area (Å²) in [5.41, 5.74) is -0.0608. The molecular weight excluding hydrogens is 429 g/mol. The van der Waals surface area contributed by atoms with Crippen LogP contribution in [0, 0.1) is 0 Å². The Kier molecular flexibility index (Phi) is 5.45. The first-order valence-corrected chi connectivity index (χ1v) is 9.44. The van der Waals surface area contributed by atoms with Crippen molar-refractivity contribution < 1.29 is 36.6 Å². The van der Waals surface area contributed by atoms with Crippen molar-refractivity contribution in [3.63, 3.8) is 0 Å². The van der Waals surface area contributed by atoms with Gasteiger partial charge in [0.15, 0.2) is 0 Å². The van der Waals surface area contributed by atoms with E-state index in [2.05, 4.69) is 25.2 Å². The second-order valence-corrected chi connectivity index (χ2v) is 7.34. The zero-order valence-corrected chi connectivity index (χ0v) is 15.9. The van der Waals surface area contributed by atoms with E-state index in [9.17, 15) is 31.9 Å². The summed E-state index contributed by atoms with van der Waals surface area (Å²) in [7, 11) is 0. The van der Waals surface area contributed by atoms with Crippen LogP contribution < -0.4 is 15.0 Å². The number of rotatable bonds is 4. The number of piperidine rings is 1. The van der Waals surface area contributed by atoms with E-state index in [0.717, 1.165) is 0 Å². The van der Waals surface area contributed by atoms with E-state index in [1.807, 2.05) is 4.90 Å². The van der Waals surface area contributed by atoms with Crippen LogP contribution in [0.3, 0.4) is 0 Å². The molecule has 13 heteroatoms. The molecule has 0 bridgehead atoms. The molecule has 2 aliphatic rings. The second-order valence-electron chi connectivity index (χ2n) is 7.34. The van der Waals surface area contributed by atoms with Gasteiger partial charge < -0.3 is 20.1 Å². The van der Waals surface area contributed by atoms with Gasteiger partial charge in [0, 0.05) is 24.6 Å². The molecule has 3 N–H and O–H groups in total. The number of nitrogens with zero attached hydrogens (tertiary/aromatic N) is 3. The molecule has 8 nitrogen and oxygen atoms in total. The van der Waals surface area contributed by atoms with Crippen LogP contribution >= 0.6 is 0 Å². The molecule has 0 saturated carbocycles. The standard InChI is InChI=1S/C18H18F5N5O3/c19-17(20)31-9-1-2-10(24-7-9)28-5-3-8(4-6-28)13-11-12(18(21,22)23)14(29)16(30)25-15(11)27-26-13/h1-2,7-8,12,14,17,29H,3-6H2,(H2,25,26,27,30). The van der Waals surface area contributed by atoms with Gasteiger partial charge in [-0.25, -0.2) is 4.98 Å². The van der Waals surface area contributed by atoms with Crippen LogP contribution in [-0.2, 0) is 4.79 Å². The Balaban J connectivity index is 1.50. The van der Waals surface area contributed by atoms with Crippen molar-refractivity contribution in [2.24, 2.45) is 0 Å². The third kappa shape index (κ3) is 4.13. The fraction of sp³-hybridized carbons (Fsp3) is 0.500. The molecule has 0 aliphatic carbocycles. The van der Waals surface area contributed by atoms with Gasteiger partial charge in [0.2, 0.25) is 0 Å². The van der Waals surface area contributed by atoms with Gasteiger partial charge in [0.25, 0.3) is 5.91 Å². The molecule has 4 heterocycles. The lowest BCUT2D eigenvalue weighted by molar-refractivity contribution is -0.177. The molecule has 2 aromatic rings. The number of aliphatic hydroxyl groups excluding tert-OH is 1. The van der Waals surface area contributed by atoms with Crippen LogP contribution in [0.1, 0.15) is 35.9 Å². The van der Waals surface area contributed by atoms with Gasteiger partial charge in [-0.05, 0) is 25.0 Å². The van der Waals surface area contributed by atoms with Crippen LogP contribution in [0.2, 0.25) is 0 Å². The molecule has 1 fully saturated rings. The molecule has 2 aliphatic heterocycles. The molecule has 1 amide bonds. The maximum atomic E-state index is 13.6. The average Bonchev–Trinajstić information content (AvgIpc) is 3.11. The van der Waals surface area contributed by atoms with E-state index >= 15 is 0 Å². The third-order valence-corrected chi connectivity index (χ3v) is 5.48. The summed E-state index contributed by atoms with van der Waals surface area (Å²) in [4.78, 5) is 17.7. The highest BCUT2D eigenvalue weighted by atomic mass is 19.4. The zero-order chi connectivity index (χ0) is 22.3. The number of halogens is 5. The molecule has 0 aromatic carbocycles. The molecule has 2 atom stereocenters. The minimum Gasteiger partial charge on any atom is -0.433 e. The molecular formula is C18H18F5N5O3. The Labute approximate surface area is 172 Å². The molecule has 2 aromatic heterocycles. The fourth-order valence-corrected chi connectivity index (χ4v) is 4.05. The Hall–Kier alpha value is -2.96. The lowest BCUT2D eigenvalue weighted by Crippen LogP contribution is -2.44. The maximum absolute atomic E-state index is 13.6. The van der Waals surface area contributed by atoms with Crippen molar-refractivity contribution in [3.8, 4) is 5.75 Å².